The van der Waals surface area contributed by atoms with E-state index in [0.717, 1.165) is 12.1 Å². The van der Waals surface area contributed by atoms with E-state index in [1.54, 1.807) is 24.3 Å². The Bertz CT molecular complexity index is 1030. The van der Waals surface area contributed by atoms with Gasteiger partial charge in [-0.3, -0.25) is 4.79 Å². The quantitative estimate of drug-likeness (QED) is 0.623. The lowest BCUT2D eigenvalue weighted by atomic mass is 10.2. The van der Waals surface area contributed by atoms with Crippen molar-refractivity contribution in [1.29, 1.82) is 0 Å². The van der Waals surface area contributed by atoms with Gasteiger partial charge in [-0.1, -0.05) is 17.7 Å². The summed E-state index contributed by atoms with van der Waals surface area (Å²) in [6.07, 6.45) is 0. The van der Waals surface area contributed by atoms with Gasteiger partial charge < -0.3 is 10.6 Å². The number of nitrogens with one attached hydrogen (secondary N) is 2. The lowest BCUT2D eigenvalue weighted by Crippen LogP contribution is -2.15. The molecule has 5 nitrogen and oxygen atoms in total. The standard InChI is InChI=1S/C18H12ClF3N4O/c1-9-23-14(18(27)25-11-4-2-3-10(19)7-11)8-15(24-9)26-13-6-5-12(20)16(21)17(13)22/h2-8H,1H3,(H,25,27)(H,23,24,26). The van der Waals surface area contributed by atoms with E-state index < -0.39 is 23.4 Å². The van der Waals surface area contributed by atoms with Crippen LogP contribution in [0.1, 0.15) is 16.3 Å². The van der Waals surface area contributed by atoms with Crippen molar-refractivity contribution in [3.8, 4) is 0 Å². The SMILES string of the molecule is Cc1nc(Nc2ccc(F)c(F)c2F)cc(C(=O)Nc2cccc(Cl)c2)n1. The van der Waals surface area contributed by atoms with Crippen LogP contribution in [0.3, 0.4) is 0 Å². The molecular weight excluding hydrogens is 381 g/mol. The van der Waals surface area contributed by atoms with Crippen molar-refractivity contribution in [1.82, 2.24) is 9.97 Å². The van der Waals surface area contributed by atoms with Crippen molar-refractivity contribution in [2.45, 2.75) is 6.92 Å². The lowest BCUT2D eigenvalue weighted by molar-refractivity contribution is 0.102. The molecule has 0 spiro atoms. The van der Waals surface area contributed by atoms with Crippen molar-refractivity contribution in [3.63, 3.8) is 0 Å². The number of halogens is 4. The van der Waals surface area contributed by atoms with Gasteiger partial charge in [-0.2, -0.15) is 0 Å². The summed E-state index contributed by atoms with van der Waals surface area (Å²) in [6, 6.07) is 9.59. The molecule has 138 valence electrons. The second-order valence-electron chi connectivity index (χ2n) is 5.50. The fourth-order valence-corrected chi connectivity index (χ4v) is 2.46. The van der Waals surface area contributed by atoms with Crippen LogP contribution in [0.2, 0.25) is 5.02 Å². The molecule has 2 N–H and O–H groups in total. The summed E-state index contributed by atoms with van der Waals surface area (Å²) in [5.74, 6) is -4.58. The molecular formula is C18H12ClF3N4O. The number of nitrogens with zero attached hydrogens (tertiary/aromatic N) is 2. The van der Waals surface area contributed by atoms with Gasteiger partial charge in [0.05, 0.1) is 5.69 Å². The van der Waals surface area contributed by atoms with Crippen LogP contribution < -0.4 is 10.6 Å². The molecule has 1 aromatic heterocycles. The molecule has 1 heterocycles. The average molecular weight is 393 g/mol. The maximum atomic E-state index is 13.8. The minimum atomic E-state index is -1.61. The molecule has 0 fully saturated rings. The number of anilines is 3. The van der Waals surface area contributed by atoms with Crippen LogP contribution in [0, 0.1) is 24.4 Å². The molecule has 0 bridgehead atoms. The highest BCUT2D eigenvalue weighted by Crippen LogP contribution is 2.23. The third-order valence-corrected chi connectivity index (χ3v) is 3.69. The summed E-state index contributed by atoms with van der Waals surface area (Å²) in [7, 11) is 0. The molecule has 2 aromatic carbocycles. The summed E-state index contributed by atoms with van der Waals surface area (Å²) in [4.78, 5) is 20.4. The Kier molecular flexibility index (Phi) is 5.27. The third-order valence-electron chi connectivity index (χ3n) is 3.45. The second-order valence-corrected chi connectivity index (χ2v) is 5.93. The van der Waals surface area contributed by atoms with Crippen LogP contribution in [0.25, 0.3) is 0 Å². The number of carbonyl (C=O) groups excluding carboxylic acids is 1. The van der Waals surface area contributed by atoms with Gasteiger partial charge in [0.25, 0.3) is 5.91 Å². The number of benzene rings is 2. The molecule has 27 heavy (non-hydrogen) atoms. The largest absolute Gasteiger partial charge is 0.338 e. The van der Waals surface area contributed by atoms with Crippen LogP contribution in [-0.4, -0.2) is 15.9 Å². The molecule has 0 atom stereocenters. The number of rotatable bonds is 4. The molecule has 3 aromatic rings. The van der Waals surface area contributed by atoms with Gasteiger partial charge in [-0.25, -0.2) is 23.1 Å². The topological polar surface area (TPSA) is 66.9 Å². The van der Waals surface area contributed by atoms with Crippen LogP contribution >= 0.6 is 11.6 Å². The summed E-state index contributed by atoms with van der Waals surface area (Å²) < 4.78 is 40.2. The third kappa shape index (κ3) is 4.35. The van der Waals surface area contributed by atoms with E-state index >= 15 is 0 Å². The first kappa shape index (κ1) is 18.7. The monoisotopic (exact) mass is 392 g/mol. The minimum Gasteiger partial charge on any atom is -0.338 e. The zero-order valence-electron chi connectivity index (χ0n) is 13.9. The first-order chi connectivity index (χ1) is 12.8. The van der Waals surface area contributed by atoms with E-state index in [9.17, 15) is 18.0 Å². The number of carbonyl (C=O) groups is 1. The van der Waals surface area contributed by atoms with Crippen molar-refractivity contribution >= 4 is 34.7 Å². The Morgan fingerprint density at radius 2 is 1.81 bits per heavy atom. The Morgan fingerprint density at radius 1 is 1.04 bits per heavy atom. The van der Waals surface area contributed by atoms with Gasteiger partial charge >= 0.3 is 0 Å². The molecule has 0 unspecified atom stereocenters. The van der Waals surface area contributed by atoms with Crippen molar-refractivity contribution in [2.24, 2.45) is 0 Å². The maximum absolute atomic E-state index is 13.8. The van der Waals surface area contributed by atoms with Gasteiger partial charge in [0.1, 0.15) is 17.3 Å². The summed E-state index contributed by atoms with van der Waals surface area (Å²) in [5, 5.41) is 5.58. The van der Waals surface area contributed by atoms with E-state index in [1.807, 2.05) is 0 Å². The number of aryl methyl sites for hydroxylation is 1. The van der Waals surface area contributed by atoms with Crippen molar-refractivity contribution < 1.29 is 18.0 Å². The highest BCUT2D eigenvalue weighted by Gasteiger charge is 2.16. The van der Waals surface area contributed by atoms with E-state index in [1.165, 1.54) is 13.0 Å². The molecule has 0 aliphatic heterocycles. The van der Waals surface area contributed by atoms with Crippen LogP contribution in [0.5, 0.6) is 0 Å². The zero-order chi connectivity index (χ0) is 19.6. The zero-order valence-corrected chi connectivity index (χ0v) is 14.6. The van der Waals surface area contributed by atoms with Gasteiger partial charge in [-0.15, -0.1) is 0 Å². The number of amides is 1. The molecule has 0 aliphatic rings. The molecule has 0 radical (unpaired) electrons. The van der Waals surface area contributed by atoms with Crippen LogP contribution in [0.15, 0.2) is 42.5 Å². The van der Waals surface area contributed by atoms with E-state index in [0.29, 0.717) is 10.7 Å². The molecule has 1 amide bonds. The van der Waals surface area contributed by atoms with Gasteiger partial charge in [-0.05, 0) is 37.3 Å². The summed E-state index contributed by atoms with van der Waals surface area (Å²) in [6.45, 7) is 1.53. The second kappa shape index (κ2) is 7.63. The predicted octanol–water partition coefficient (Wildman–Crippen LogP) is 4.85. The Hall–Kier alpha value is -3.13. The highest BCUT2D eigenvalue weighted by molar-refractivity contribution is 6.30. The van der Waals surface area contributed by atoms with E-state index in [2.05, 4.69) is 20.6 Å². The number of hydrogen-bond acceptors (Lipinski definition) is 4. The first-order valence-corrected chi connectivity index (χ1v) is 8.04. The smallest absolute Gasteiger partial charge is 0.274 e. The molecule has 3 rings (SSSR count). The van der Waals surface area contributed by atoms with Crippen molar-refractivity contribution in [3.05, 3.63) is 76.5 Å². The Labute approximate surface area is 157 Å². The highest BCUT2D eigenvalue weighted by atomic mass is 35.5. The van der Waals surface area contributed by atoms with E-state index in [4.69, 9.17) is 11.6 Å². The fourth-order valence-electron chi connectivity index (χ4n) is 2.27. The number of aromatic nitrogens is 2. The first-order valence-electron chi connectivity index (χ1n) is 7.66. The summed E-state index contributed by atoms with van der Waals surface area (Å²) >= 11 is 5.87. The van der Waals surface area contributed by atoms with Crippen molar-refractivity contribution in [2.75, 3.05) is 10.6 Å². The lowest BCUT2D eigenvalue weighted by Gasteiger charge is -2.10. The van der Waals surface area contributed by atoms with Gasteiger partial charge in [0.2, 0.25) is 0 Å². The van der Waals surface area contributed by atoms with Gasteiger partial charge in [0.15, 0.2) is 17.5 Å². The molecule has 9 heteroatoms. The van der Waals surface area contributed by atoms with Crippen LogP contribution in [0.4, 0.5) is 30.4 Å². The predicted molar refractivity (Wildman–Crippen MR) is 95.8 cm³/mol. The van der Waals surface area contributed by atoms with Gasteiger partial charge in [0, 0.05) is 16.8 Å². The number of hydrogen-bond donors (Lipinski definition) is 2. The Balaban J connectivity index is 1.86. The molecule has 0 saturated carbocycles. The van der Waals surface area contributed by atoms with Crippen LogP contribution in [-0.2, 0) is 0 Å². The normalized spacial score (nSPS) is 10.6. The maximum Gasteiger partial charge on any atom is 0.274 e. The van der Waals surface area contributed by atoms with E-state index in [-0.39, 0.29) is 23.0 Å². The Morgan fingerprint density at radius 3 is 2.56 bits per heavy atom. The minimum absolute atomic E-state index is 0.00651. The molecule has 0 aliphatic carbocycles. The molecule has 0 saturated heterocycles. The fraction of sp³-hybridized carbons (Fsp3) is 0.0556. The summed E-state index contributed by atoms with van der Waals surface area (Å²) in [5.41, 5.74) is 0.131. The average Bonchev–Trinajstić information content (AvgIpc) is 2.62.